The van der Waals surface area contributed by atoms with E-state index < -0.39 is 0 Å². The van der Waals surface area contributed by atoms with Crippen LogP contribution in [0.1, 0.15) is 5.56 Å². The van der Waals surface area contributed by atoms with E-state index in [1.54, 1.807) is 23.3 Å². The number of tetrazole rings is 1. The summed E-state index contributed by atoms with van der Waals surface area (Å²) in [5.74, 6) is 0.381. The van der Waals surface area contributed by atoms with E-state index in [9.17, 15) is 4.79 Å². The minimum Gasteiger partial charge on any atom is -0.340 e. The van der Waals surface area contributed by atoms with Crippen LogP contribution in [0.2, 0.25) is 0 Å². The molecule has 0 radical (unpaired) electrons. The lowest BCUT2D eigenvalue weighted by Gasteiger charge is -2.16. The molecule has 0 saturated carbocycles. The van der Waals surface area contributed by atoms with Crippen LogP contribution in [0, 0.1) is 0 Å². The van der Waals surface area contributed by atoms with Crippen LogP contribution >= 0.6 is 11.3 Å². The summed E-state index contributed by atoms with van der Waals surface area (Å²) in [4.78, 5) is 17.0. The highest BCUT2D eigenvalue weighted by Crippen LogP contribution is 2.28. The molecule has 0 N–H and O–H groups in total. The normalized spacial score (nSPS) is 10.9. The van der Waals surface area contributed by atoms with Crippen molar-refractivity contribution < 1.29 is 4.79 Å². The summed E-state index contributed by atoms with van der Waals surface area (Å²) >= 11 is 1.63. The number of rotatable bonds is 7. The Hall–Kier alpha value is -4.11. The zero-order valence-corrected chi connectivity index (χ0v) is 18.8. The zero-order chi connectivity index (χ0) is 22.6. The topological polar surface area (TPSA) is 81.7 Å². The van der Waals surface area contributed by atoms with Crippen LogP contribution in [0.25, 0.3) is 27.6 Å². The van der Waals surface area contributed by atoms with Crippen LogP contribution in [-0.4, -0.2) is 47.8 Å². The SMILES string of the molecule is CN(Cc1cn(-c2ccccc2)nc1-c1cccs1)C(=O)Cn1nnc(-c2ccccc2)n1. The average molecular weight is 456 g/mol. The van der Waals surface area contributed by atoms with Gasteiger partial charge in [0.05, 0.1) is 10.6 Å². The maximum absolute atomic E-state index is 12.9. The van der Waals surface area contributed by atoms with E-state index >= 15 is 0 Å². The summed E-state index contributed by atoms with van der Waals surface area (Å²) < 4.78 is 1.85. The fourth-order valence-corrected chi connectivity index (χ4v) is 4.20. The summed E-state index contributed by atoms with van der Waals surface area (Å²) in [6.45, 7) is 0.427. The van der Waals surface area contributed by atoms with Gasteiger partial charge in [0.2, 0.25) is 11.7 Å². The van der Waals surface area contributed by atoms with Gasteiger partial charge >= 0.3 is 0 Å². The Bertz CT molecular complexity index is 1340. The van der Waals surface area contributed by atoms with Crippen molar-refractivity contribution in [3.8, 4) is 27.6 Å². The van der Waals surface area contributed by atoms with Gasteiger partial charge in [0.25, 0.3) is 0 Å². The maximum atomic E-state index is 12.9. The molecule has 5 aromatic rings. The molecule has 0 bridgehead atoms. The van der Waals surface area contributed by atoms with E-state index in [4.69, 9.17) is 5.10 Å². The quantitative estimate of drug-likeness (QED) is 0.372. The highest BCUT2D eigenvalue weighted by molar-refractivity contribution is 7.13. The molecule has 3 heterocycles. The average Bonchev–Trinajstić information content (AvgIpc) is 3.61. The predicted molar refractivity (Wildman–Crippen MR) is 127 cm³/mol. The lowest BCUT2D eigenvalue weighted by Crippen LogP contribution is -2.30. The van der Waals surface area contributed by atoms with Gasteiger partial charge in [-0.05, 0) is 28.8 Å². The van der Waals surface area contributed by atoms with Crippen molar-refractivity contribution in [1.29, 1.82) is 0 Å². The fraction of sp³-hybridized carbons (Fsp3) is 0.125. The highest BCUT2D eigenvalue weighted by atomic mass is 32.1. The Balaban J connectivity index is 1.34. The Kier molecular flexibility index (Phi) is 5.77. The number of carbonyl (C=O) groups is 1. The second-order valence-corrected chi connectivity index (χ2v) is 8.47. The number of carbonyl (C=O) groups excluding carboxylic acids is 1. The number of aromatic nitrogens is 6. The minimum atomic E-state index is -0.114. The zero-order valence-electron chi connectivity index (χ0n) is 17.9. The fourth-order valence-electron chi connectivity index (χ4n) is 3.46. The van der Waals surface area contributed by atoms with Crippen molar-refractivity contribution in [2.75, 3.05) is 7.05 Å². The van der Waals surface area contributed by atoms with E-state index in [1.165, 1.54) is 4.80 Å². The Labute approximate surface area is 194 Å². The van der Waals surface area contributed by atoms with Crippen LogP contribution in [-0.2, 0) is 17.9 Å². The third kappa shape index (κ3) is 4.58. The third-order valence-corrected chi connectivity index (χ3v) is 6.04. The van der Waals surface area contributed by atoms with Gasteiger partial charge in [-0.15, -0.1) is 21.5 Å². The first-order valence-electron chi connectivity index (χ1n) is 10.4. The number of hydrogen-bond acceptors (Lipinski definition) is 6. The molecular formula is C24H21N7OS. The molecule has 0 unspecified atom stereocenters. The van der Waals surface area contributed by atoms with Gasteiger partial charge in [-0.2, -0.15) is 9.90 Å². The summed E-state index contributed by atoms with van der Waals surface area (Å²) in [5.41, 5.74) is 3.67. The molecule has 9 heteroatoms. The third-order valence-electron chi connectivity index (χ3n) is 5.16. The van der Waals surface area contributed by atoms with Crippen molar-refractivity contribution in [2.45, 2.75) is 13.1 Å². The molecule has 0 aliphatic carbocycles. The van der Waals surface area contributed by atoms with Crippen LogP contribution < -0.4 is 0 Å². The summed E-state index contributed by atoms with van der Waals surface area (Å²) in [7, 11) is 1.77. The maximum Gasteiger partial charge on any atom is 0.246 e. The smallest absolute Gasteiger partial charge is 0.246 e. The molecular weight excluding hydrogens is 434 g/mol. The van der Waals surface area contributed by atoms with E-state index in [0.29, 0.717) is 12.4 Å². The van der Waals surface area contributed by atoms with Crippen molar-refractivity contribution in [3.05, 3.63) is 89.9 Å². The summed E-state index contributed by atoms with van der Waals surface area (Å²) in [6, 6.07) is 23.5. The van der Waals surface area contributed by atoms with Gasteiger partial charge in [-0.25, -0.2) is 4.68 Å². The van der Waals surface area contributed by atoms with Crippen molar-refractivity contribution in [2.24, 2.45) is 0 Å². The summed E-state index contributed by atoms with van der Waals surface area (Å²) in [6.07, 6.45) is 1.98. The molecule has 2 aromatic carbocycles. The van der Waals surface area contributed by atoms with Crippen LogP contribution in [0.3, 0.4) is 0 Å². The molecule has 5 rings (SSSR count). The Morgan fingerprint density at radius 2 is 1.73 bits per heavy atom. The van der Waals surface area contributed by atoms with Crippen LogP contribution in [0.5, 0.6) is 0 Å². The first-order chi connectivity index (χ1) is 16.2. The molecule has 1 amide bonds. The van der Waals surface area contributed by atoms with Gasteiger partial charge < -0.3 is 4.90 Å². The molecule has 33 heavy (non-hydrogen) atoms. The molecule has 164 valence electrons. The van der Waals surface area contributed by atoms with Gasteiger partial charge in [-0.3, -0.25) is 4.79 Å². The lowest BCUT2D eigenvalue weighted by atomic mass is 10.2. The van der Waals surface area contributed by atoms with Crippen molar-refractivity contribution in [1.82, 2.24) is 34.9 Å². The number of benzene rings is 2. The number of amides is 1. The first kappa shape index (κ1) is 20.8. The summed E-state index contributed by atoms with van der Waals surface area (Å²) in [5, 5.41) is 19.3. The Morgan fingerprint density at radius 3 is 2.45 bits per heavy atom. The highest BCUT2D eigenvalue weighted by Gasteiger charge is 2.18. The van der Waals surface area contributed by atoms with Gasteiger partial charge in [-0.1, -0.05) is 54.6 Å². The first-order valence-corrected chi connectivity index (χ1v) is 11.3. The molecule has 3 aromatic heterocycles. The van der Waals surface area contributed by atoms with Gasteiger partial charge in [0, 0.05) is 30.9 Å². The van der Waals surface area contributed by atoms with Gasteiger partial charge in [0.1, 0.15) is 12.2 Å². The largest absolute Gasteiger partial charge is 0.340 e. The van der Waals surface area contributed by atoms with Gasteiger partial charge in [0.15, 0.2) is 0 Å². The standard InChI is InChI=1S/C24H21N7OS/c1-29(22(32)17-31-27-24(25-28-31)18-9-4-2-5-10-18)15-19-16-30(20-11-6-3-7-12-20)26-23(19)21-13-8-14-33-21/h2-14,16H,15,17H2,1H3. The Morgan fingerprint density at radius 1 is 0.970 bits per heavy atom. The number of likely N-dealkylation sites (N-methyl/N-ethyl adjacent to an activating group) is 1. The van der Waals surface area contributed by atoms with E-state index in [-0.39, 0.29) is 12.5 Å². The number of para-hydroxylation sites is 1. The molecule has 0 atom stereocenters. The second-order valence-electron chi connectivity index (χ2n) is 7.52. The van der Waals surface area contributed by atoms with E-state index in [0.717, 1.165) is 27.4 Å². The van der Waals surface area contributed by atoms with Crippen molar-refractivity contribution in [3.63, 3.8) is 0 Å². The number of nitrogens with zero attached hydrogens (tertiary/aromatic N) is 7. The number of thiophene rings is 1. The molecule has 0 fully saturated rings. The molecule has 0 aliphatic heterocycles. The van der Waals surface area contributed by atoms with Crippen LogP contribution in [0.15, 0.2) is 84.4 Å². The van der Waals surface area contributed by atoms with Crippen molar-refractivity contribution >= 4 is 17.2 Å². The monoisotopic (exact) mass is 455 g/mol. The molecule has 8 nitrogen and oxygen atoms in total. The van der Waals surface area contributed by atoms with Crippen LogP contribution in [0.4, 0.5) is 0 Å². The van der Waals surface area contributed by atoms with E-state index in [1.807, 2.05) is 89.1 Å². The lowest BCUT2D eigenvalue weighted by molar-refractivity contribution is -0.131. The minimum absolute atomic E-state index is 0.0114. The van der Waals surface area contributed by atoms with E-state index in [2.05, 4.69) is 15.4 Å². The second kappa shape index (κ2) is 9.17. The molecule has 0 aliphatic rings. The number of hydrogen-bond donors (Lipinski definition) is 0. The predicted octanol–water partition coefficient (Wildman–Crippen LogP) is 3.91. The molecule has 0 spiro atoms. The molecule has 0 saturated heterocycles.